The molecule has 0 aromatic heterocycles. The second kappa shape index (κ2) is 15.3. The van der Waals surface area contributed by atoms with E-state index in [-0.39, 0.29) is 11.1 Å². The molecule has 1 aliphatic carbocycles. The van der Waals surface area contributed by atoms with E-state index in [1.165, 1.54) is 50.3 Å². The van der Waals surface area contributed by atoms with Crippen molar-refractivity contribution in [3.05, 3.63) is 29.3 Å². The van der Waals surface area contributed by atoms with Gasteiger partial charge in [-0.15, -0.1) is 0 Å². The van der Waals surface area contributed by atoms with E-state index in [1.807, 2.05) is 0 Å². The van der Waals surface area contributed by atoms with Crippen molar-refractivity contribution < 1.29 is 33.7 Å². The Labute approximate surface area is 195 Å². The van der Waals surface area contributed by atoms with Crippen molar-refractivity contribution in [3.8, 4) is 0 Å². The number of benzene rings is 1. The molecule has 0 N–H and O–H groups in total. The summed E-state index contributed by atoms with van der Waals surface area (Å²) in [5.41, 5.74) is 0.404. The van der Waals surface area contributed by atoms with Crippen molar-refractivity contribution in [3.63, 3.8) is 0 Å². The highest BCUT2D eigenvalue weighted by atomic mass is 32.2. The topological polar surface area (TPSA) is 94.1 Å². The van der Waals surface area contributed by atoms with Crippen LogP contribution in [0.15, 0.2) is 23.1 Å². The molecular formula is C24H35O7S-. The van der Waals surface area contributed by atoms with Gasteiger partial charge in [0.1, 0.15) is 0 Å². The first kappa shape index (κ1) is 26.6. The summed E-state index contributed by atoms with van der Waals surface area (Å²) >= 11 is 0.618. The molecule has 1 atom stereocenters. The average molecular weight is 468 g/mol. The van der Waals surface area contributed by atoms with Gasteiger partial charge in [-0.1, -0.05) is 65.2 Å². The minimum absolute atomic E-state index is 0.199. The molecule has 0 spiro atoms. The molecule has 180 valence electrons. The van der Waals surface area contributed by atoms with Crippen molar-refractivity contribution in [1.82, 2.24) is 0 Å². The molecule has 0 radical (unpaired) electrons. The smallest absolute Gasteiger partial charge is 0.338 e. The molecule has 0 saturated heterocycles. The van der Waals surface area contributed by atoms with E-state index in [2.05, 4.69) is 23.2 Å². The summed E-state index contributed by atoms with van der Waals surface area (Å²) in [4.78, 5) is 25.5. The van der Waals surface area contributed by atoms with Gasteiger partial charge < -0.3 is 14.7 Å². The van der Waals surface area contributed by atoms with Crippen LogP contribution in [0.3, 0.4) is 0 Å². The van der Waals surface area contributed by atoms with Crippen LogP contribution in [-0.2, 0) is 18.8 Å². The molecule has 0 bridgehead atoms. The molecule has 1 unspecified atom stereocenters. The summed E-state index contributed by atoms with van der Waals surface area (Å²) in [6.07, 6.45) is 11.2. The number of esters is 2. The lowest BCUT2D eigenvalue weighted by Crippen LogP contribution is -2.14. The second-order valence-electron chi connectivity index (χ2n) is 8.57. The van der Waals surface area contributed by atoms with E-state index >= 15 is 0 Å². The lowest BCUT2D eigenvalue weighted by molar-refractivity contribution is -0.777. The maximum Gasteiger partial charge on any atom is 0.338 e. The number of carbonyl (C=O) groups excluding carboxylic acids is 2. The molecule has 7 nitrogen and oxygen atoms in total. The first-order valence-corrected chi connectivity index (χ1v) is 12.4. The monoisotopic (exact) mass is 467 g/mol. The van der Waals surface area contributed by atoms with Crippen molar-refractivity contribution in [2.24, 2.45) is 11.8 Å². The summed E-state index contributed by atoms with van der Waals surface area (Å²) in [6, 6.07) is 4.44. The molecule has 1 aromatic rings. The van der Waals surface area contributed by atoms with Crippen LogP contribution in [0.5, 0.6) is 0 Å². The highest BCUT2D eigenvalue weighted by Crippen LogP contribution is 2.27. The van der Waals surface area contributed by atoms with E-state index in [4.69, 9.17) is 9.47 Å². The third-order valence-electron chi connectivity index (χ3n) is 5.91. The van der Waals surface area contributed by atoms with Crippen molar-refractivity contribution >= 4 is 24.0 Å². The van der Waals surface area contributed by atoms with Gasteiger partial charge in [0.2, 0.25) is 0 Å². The Kier molecular flexibility index (Phi) is 12.7. The average Bonchev–Trinajstić information content (AvgIpc) is 2.81. The normalized spacial score (nSPS) is 15.3. The highest BCUT2D eigenvalue weighted by Gasteiger charge is 2.18. The van der Waals surface area contributed by atoms with E-state index in [9.17, 15) is 14.8 Å². The summed E-state index contributed by atoms with van der Waals surface area (Å²) in [6.45, 7) is 4.94. The standard InChI is InChI=1S/C24H36O7S/c1-3-4-8-18(2)11-13-28-23(25)20-15-21(17-22(16-20)32-31-30-27)24(26)29-14-12-19-9-6-5-7-10-19/h15-19,27H,3-14H2,1-2H3/p-1. The van der Waals surface area contributed by atoms with Gasteiger partial charge in [-0.25, -0.2) is 9.59 Å². The van der Waals surface area contributed by atoms with Crippen LogP contribution in [0, 0.1) is 11.8 Å². The summed E-state index contributed by atoms with van der Waals surface area (Å²) in [7, 11) is 0. The number of hydrogen-bond donors (Lipinski definition) is 0. The van der Waals surface area contributed by atoms with Gasteiger partial charge >= 0.3 is 11.9 Å². The first-order chi connectivity index (χ1) is 15.5. The maximum absolute atomic E-state index is 12.6. The molecule has 8 heteroatoms. The predicted octanol–water partition coefficient (Wildman–Crippen LogP) is 5.42. The van der Waals surface area contributed by atoms with Crippen LogP contribution in [0.2, 0.25) is 0 Å². The van der Waals surface area contributed by atoms with Gasteiger partial charge in [0.25, 0.3) is 0 Å². The zero-order valence-electron chi connectivity index (χ0n) is 19.1. The molecule has 1 fully saturated rings. The Hall–Kier alpha value is -1.61. The molecular weight excluding hydrogens is 432 g/mol. The van der Waals surface area contributed by atoms with Gasteiger partial charge in [0.05, 0.1) is 36.4 Å². The van der Waals surface area contributed by atoms with Gasteiger partial charge in [-0.2, -0.15) is 4.33 Å². The summed E-state index contributed by atoms with van der Waals surface area (Å²) in [5.74, 6) is 0.0243. The van der Waals surface area contributed by atoms with Gasteiger partial charge in [0.15, 0.2) is 0 Å². The largest absolute Gasteiger partial charge is 0.691 e. The van der Waals surface area contributed by atoms with Gasteiger partial charge in [-0.05, 0) is 42.9 Å². The fourth-order valence-electron chi connectivity index (χ4n) is 3.95. The Morgan fingerprint density at radius 2 is 1.69 bits per heavy atom. The van der Waals surface area contributed by atoms with E-state index < -0.39 is 11.9 Å². The van der Waals surface area contributed by atoms with Crippen LogP contribution in [-0.4, -0.2) is 25.2 Å². The van der Waals surface area contributed by atoms with Crippen molar-refractivity contribution in [2.75, 3.05) is 13.2 Å². The molecule has 1 saturated carbocycles. The Bertz CT molecular complexity index is 704. The molecule has 1 aromatic carbocycles. The van der Waals surface area contributed by atoms with E-state index in [1.54, 1.807) is 0 Å². The number of ether oxygens (including phenoxy) is 2. The van der Waals surface area contributed by atoms with Crippen molar-refractivity contribution in [2.45, 2.75) is 83.0 Å². The fraction of sp³-hybridized carbons (Fsp3) is 0.667. The molecule has 1 aliphatic rings. The number of carbonyl (C=O) groups is 2. The van der Waals surface area contributed by atoms with E-state index in [0.717, 1.165) is 32.1 Å². The molecule has 0 heterocycles. The van der Waals surface area contributed by atoms with Gasteiger partial charge in [-0.3, -0.25) is 5.04 Å². The summed E-state index contributed by atoms with van der Waals surface area (Å²) in [5, 5.41) is 13.6. The highest BCUT2D eigenvalue weighted by molar-refractivity contribution is 7.94. The SMILES string of the molecule is CCCCC(C)CCOC(=O)c1cc(SOO[O-])cc(C(=O)OCCC2CCCCC2)c1. The van der Waals surface area contributed by atoms with Crippen LogP contribution in [0.4, 0.5) is 0 Å². The Morgan fingerprint density at radius 3 is 2.31 bits per heavy atom. The van der Waals surface area contributed by atoms with Crippen LogP contribution < -0.4 is 5.26 Å². The van der Waals surface area contributed by atoms with E-state index in [0.29, 0.717) is 42.0 Å². The lowest BCUT2D eigenvalue weighted by Gasteiger charge is -2.21. The molecule has 0 amide bonds. The zero-order valence-corrected chi connectivity index (χ0v) is 20.0. The third-order valence-corrected chi connectivity index (χ3v) is 6.47. The quantitative estimate of drug-likeness (QED) is 0.155. The Balaban J connectivity index is 1.94. The first-order valence-electron chi connectivity index (χ1n) is 11.7. The molecule has 2 rings (SSSR count). The Morgan fingerprint density at radius 1 is 1.03 bits per heavy atom. The van der Waals surface area contributed by atoms with Gasteiger partial charge in [0, 0.05) is 4.90 Å². The number of rotatable bonds is 14. The maximum atomic E-state index is 12.6. The van der Waals surface area contributed by atoms with Crippen LogP contribution in [0.1, 0.15) is 98.8 Å². The number of hydrogen-bond acceptors (Lipinski definition) is 8. The zero-order chi connectivity index (χ0) is 23.2. The third kappa shape index (κ3) is 9.90. The molecule has 32 heavy (non-hydrogen) atoms. The molecule has 0 aliphatic heterocycles. The fourth-order valence-corrected chi connectivity index (χ4v) is 4.40. The predicted molar refractivity (Wildman–Crippen MR) is 120 cm³/mol. The lowest BCUT2D eigenvalue weighted by atomic mass is 9.87. The minimum atomic E-state index is -0.533. The van der Waals surface area contributed by atoms with Crippen molar-refractivity contribution in [1.29, 1.82) is 0 Å². The second-order valence-corrected chi connectivity index (χ2v) is 9.34. The van der Waals surface area contributed by atoms with Crippen LogP contribution in [0.25, 0.3) is 0 Å². The summed E-state index contributed by atoms with van der Waals surface area (Å²) < 4.78 is 15.2. The van der Waals surface area contributed by atoms with Crippen LogP contribution >= 0.6 is 12.0 Å². The number of unbranched alkanes of at least 4 members (excludes halogenated alkanes) is 1. The minimum Gasteiger partial charge on any atom is -0.691 e.